The Bertz CT molecular complexity index is 2690. The molecule has 1 aliphatic heterocycles. The standard InChI is InChI=1S/C48H33N3O/c1-49-48(51-47(50-29-30-12-3-2-4-13-30)33-25-24-31-14-5-6-15-32(31)28-33)42-22-11-23-43-45(42)41-21-10-20-40(46(41)52-43)36-26-27-39-35-17-8-7-16-34(35)37-18-9-19-38(36)44(37)39/h2-28,41,46H,1,29H2. The number of ether oxygens (including phenoxy) is 1. The van der Waals surface area contributed by atoms with E-state index in [0.717, 1.165) is 33.4 Å². The maximum Gasteiger partial charge on any atom is 0.161 e. The third-order valence-electron chi connectivity index (χ3n) is 10.6. The van der Waals surface area contributed by atoms with Crippen molar-refractivity contribution in [2.75, 3.05) is 0 Å². The van der Waals surface area contributed by atoms with Gasteiger partial charge in [0.1, 0.15) is 11.9 Å². The van der Waals surface area contributed by atoms with Crippen LogP contribution in [-0.2, 0) is 6.54 Å². The van der Waals surface area contributed by atoms with Crippen LogP contribution in [0.2, 0.25) is 0 Å². The highest BCUT2D eigenvalue weighted by molar-refractivity contribution is 6.18. The molecule has 0 fully saturated rings. The van der Waals surface area contributed by atoms with Crippen molar-refractivity contribution in [3.8, 4) is 28.0 Å². The number of benzene rings is 7. The molecule has 0 bridgehead atoms. The third kappa shape index (κ3) is 4.87. The number of nitrogens with zero attached hydrogens (tertiary/aromatic N) is 3. The summed E-state index contributed by atoms with van der Waals surface area (Å²) in [6.07, 6.45) is 6.44. The largest absolute Gasteiger partial charge is 0.484 e. The molecule has 4 nitrogen and oxygen atoms in total. The van der Waals surface area contributed by atoms with Gasteiger partial charge in [-0.05, 0) is 73.8 Å². The van der Waals surface area contributed by atoms with Gasteiger partial charge in [0.2, 0.25) is 0 Å². The topological polar surface area (TPSA) is 46.3 Å². The summed E-state index contributed by atoms with van der Waals surface area (Å²) in [7, 11) is 0. The molecule has 4 heteroatoms. The molecule has 0 spiro atoms. The van der Waals surface area contributed by atoms with E-state index in [2.05, 4.69) is 151 Å². The Labute approximate surface area is 302 Å². The first-order valence-corrected chi connectivity index (χ1v) is 17.7. The van der Waals surface area contributed by atoms with Crippen LogP contribution in [0, 0.1) is 0 Å². The number of amidine groups is 2. The lowest BCUT2D eigenvalue weighted by molar-refractivity contribution is 0.278. The van der Waals surface area contributed by atoms with Gasteiger partial charge in [0.15, 0.2) is 11.7 Å². The lowest BCUT2D eigenvalue weighted by Crippen LogP contribution is -2.22. The predicted molar refractivity (Wildman–Crippen MR) is 216 cm³/mol. The van der Waals surface area contributed by atoms with Crippen LogP contribution in [0.15, 0.2) is 179 Å². The van der Waals surface area contributed by atoms with Gasteiger partial charge in [0.05, 0.1) is 6.54 Å². The Morgan fingerprint density at radius 3 is 2.21 bits per heavy atom. The Morgan fingerprint density at radius 1 is 0.635 bits per heavy atom. The van der Waals surface area contributed by atoms with Crippen LogP contribution < -0.4 is 4.74 Å². The van der Waals surface area contributed by atoms with E-state index in [1.54, 1.807) is 0 Å². The van der Waals surface area contributed by atoms with Gasteiger partial charge in [-0.2, -0.15) is 0 Å². The van der Waals surface area contributed by atoms with Gasteiger partial charge in [-0.15, -0.1) is 0 Å². The molecule has 0 aromatic heterocycles. The van der Waals surface area contributed by atoms with E-state index in [-0.39, 0.29) is 12.0 Å². The molecule has 2 aliphatic carbocycles. The monoisotopic (exact) mass is 667 g/mol. The summed E-state index contributed by atoms with van der Waals surface area (Å²) in [4.78, 5) is 14.8. The molecule has 0 amide bonds. The van der Waals surface area contributed by atoms with E-state index in [1.807, 2.05) is 24.3 Å². The fraction of sp³-hybridized carbons (Fsp3) is 0.0625. The Balaban J connectivity index is 1.05. The summed E-state index contributed by atoms with van der Waals surface area (Å²) in [5.74, 6) is 1.95. The molecule has 0 N–H and O–H groups in total. The van der Waals surface area contributed by atoms with E-state index in [1.165, 1.54) is 49.5 Å². The van der Waals surface area contributed by atoms with Crippen LogP contribution >= 0.6 is 0 Å². The fourth-order valence-corrected chi connectivity index (χ4v) is 8.23. The Hall–Kier alpha value is -6.65. The summed E-state index contributed by atoms with van der Waals surface area (Å²) in [5, 5.41) is 4.86. The molecule has 0 saturated carbocycles. The molecule has 7 aromatic rings. The highest BCUT2D eigenvalue weighted by Crippen LogP contribution is 2.52. The molecule has 0 radical (unpaired) electrons. The number of rotatable bonds is 5. The van der Waals surface area contributed by atoms with Gasteiger partial charge in [0, 0.05) is 28.2 Å². The quantitative estimate of drug-likeness (QED) is 0.133. The van der Waals surface area contributed by atoms with Crippen molar-refractivity contribution in [2.24, 2.45) is 15.0 Å². The molecule has 3 aliphatic rings. The van der Waals surface area contributed by atoms with Crippen LogP contribution in [0.1, 0.15) is 33.7 Å². The van der Waals surface area contributed by atoms with Crippen LogP contribution in [0.5, 0.6) is 5.75 Å². The average molecular weight is 668 g/mol. The first-order valence-electron chi connectivity index (χ1n) is 17.7. The molecule has 1 heterocycles. The van der Waals surface area contributed by atoms with E-state index in [9.17, 15) is 0 Å². The first-order chi connectivity index (χ1) is 25.7. The van der Waals surface area contributed by atoms with Crippen molar-refractivity contribution >= 4 is 45.5 Å². The second kappa shape index (κ2) is 12.3. The lowest BCUT2D eigenvalue weighted by atomic mass is 9.81. The second-order valence-corrected chi connectivity index (χ2v) is 13.5. The number of aliphatic imine (C=N–C) groups is 3. The summed E-state index contributed by atoms with van der Waals surface area (Å²) < 4.78 is 6.88. The van der Waals surface area contributed by atoms with Crippen LogP contribution in [0.4, 0.5) is 0 Å². The summed E-state index contributed by atoms with van der Waals surface area (Å²) in [6, 6.07) is 51.0. The minimum atomic E-state index is -0.195. The molecule has 2 unspecified atom stereocenters. The molecule has 0 saturated heterocycles. The first kappa shape index (κ1) is 30.2. The predicted octanol–water partition coefficient (Wildman–Crippen LogP) is 11.2. The van der Waals surface area contributed by atoms with E-state index < -0.39 is 0 Å². The smallest absolute Gasteiger partial charge is 0.161 e. The summed E-state index contributed by atoms with van der Waals surface area (Å²) >= 11 is 0. The van der Waals surface area contributed by atoms with Gasteiger partial charge in [-0.25, -0.2) is 9.98 Å². The third-order valence-corrected chi connectivity index (χ3v) is 10.6. The second-order valence-electron chi connectivity index (χ2n) is 13.5. The summed E-state index contributed by atoms with van der Waals surface area (Å²) in [6.45, 7) is 4.51. The normalized spacial score (nSPS) is 17.0. The van der Waals surface area contributed by atoms with Gasteiger partial charge in [-0.1, -0.05) is 152 Å². The molecule has 52 heavy (non-hydrogen) atoms. The molecule has 2 atom stereocenters. The van der Waals surface area contributed by atoms with Crippen LogP contribution in [0.25, 0.3) is 49.4 Å². The van der Waals surface area contributed by atoms with Crippen molar-refractivity contribution in [3.63, 3.8) is 0 Å². The van der Waals surface area contributed by atoms with Crippen LogP contribution in [0.3, 0.4) is 0 Å². The minimum Gasteiger partial charge on any atom is -0.484 e. The van der Waals surface area contributed by atoms with Crippen molar-refractivity contribution < 1.29 is 4.74 Å². The van der Waals surface area contributed by atoms with Gasteiger partial charge >= 0.3 is 0 Å². The molecule has 246 valence electrons. The van der Waals surface area contributed by atoms with Gasteiger partial charge in [-0.3, -0.25) is 4.99 Å². The van der Waals surface area contributed by atoms with E-state index in [4.69, 9.17) is 14.7 Å². The number of allylic oxidation sites excluding steroid dienone is 2. The number of fused-ring (bicyclic) bond motifs is 7. The van der Waals surface area contributed by atoms with E-state index >= 15 is 0 Å². The van der Waals surface area contributed by atoms with Gasteiger partial charge < -0.3 is 4.74 Å². The summed E-state index contributed by atoms with van der Waals surface area (Å²) in [5.41, 5.74) is 11.5. The van der Waals surface area contributed by atoms with Gasteiger partial charge in [0.25, 0.3) is 0 Å². The fourth-order valence-electron chi connectivity index (χ4n) is 8.23. The highest BCUT2D eigenvalue weighted by atomic mass is 16.5. The van der Waals surface area contributed by atoms with E-state index in [0.29, 0.717) is 18.2 Å². The Kier molecular flexibility index (Phi) is 7.14. The zero-order valence-electron chi connectivity index (χ0n) is 28.4. The minimum absolute atomic E-state index is 0.0243. The number of hydrogen-bond donors (Lipinski definition) is 0. The van der Waals surface area contributed by atoms with Crippen LogP contribution in [-0.4, -0.2) is 24.5 Å². The zero-order chi connectivity index (χ0) is 34.6. The maximum atomic E-state index is 6.88. The SMILES string of the molecule is C=NC(=NC(=NCc1ccccc1)c1ccc2ccccc2c1)c1cccc2c1C1C=CC=C(c3ccc4c5c(cccc35)-c3ccccc3-4)C1O2. The average Bonchev–Trinajstić information content (AvgIpc) is 3.76. The Morgan fingerprint density at radius 2 is 1.37 bits per heavy atom. The molecule has 10 rings (SSSR count). The van der Waals surface area contributed by atoms with Crippen molar-refractivity contribution in [2.45, 2.75) is 18.6 Å². The van der Waals surface area contributed by atoms with Crippen molar-refractivity contribution in [1.82, 2.24) is 0 Å². The van der Waals surface area contributed by atoms with Crippen molar-refractivity contribution in [3.05, 3.63) is 192 Å². The molecular weight excluding hydrogens is 635 g/mol. The lowest BCUT2D eigenvalue weighted by Gasteiger charge is -2.24. The maximum absolute atomic E-state index is 6.88. The highest BCUT2D eigenvalue weighted by Gasteiger charge is 2.40. The van der Waals surface area contributed by atoms with Crippen molar-refractivity contribution in [1.29, 1.82) is 0 Å². The number of hydrogen-bond acceptors (Lipinski definition) is 2. The molecule has 7 aromatic carbocycles. The molecular formula is C48H33N3O. The zero-order valence-corrected chi connectivity index (χ0v) is 28.4.